The Morgan fingerprint density at radius 2 is 1.95 bits per heavy atom. The van der Waals surface area contributed by atoms with E-state index in [0.717, 1.165) is 11.1 Å². The van der Waals surface area contributed by atoms with E-state index < -0.39 is 0 Å². The third-order valence-electron chi connectivity index (χ3n) is 2.88. The normalized spacial score (nSPS) is 10.8. The molecule has 0 bridgehead atoms. The van der Waals surface area contributed by atoms with Gasteiger partial charge in [-0.1, -0.05) is 24.4 Å². The van der Waals surface area contributed by atoms with E-state index in [0.29, 0.717) is 21.6 Å². The van der Waals surface area contributed by atoms with E-state index >= 15 is 0 Å². The molecule has 0 aliphatic heterocycles. The molecule has 0 atom stereocenters. The Hall–Kier alpha value is -2.47. The molecular weight excluding hydrogens is 272 g/mol. The summed E-state index contributed by atoms with van der Waals surface area (Å²) in [7, 11) is 1.65. The molecule has 1 aromatic carbocycles. The number of pyridine rings is 1. The van der Waals surface area contributed by atoms with Gasteiger partial charge >= 0.3 is 0 Å². The van der Waals surface area contributed by atoms with Crippen molar-refractivity contribution in [3.63, 3.8) is 0 Å². The van der Waals surface area contributed by atoms with Crippen LogP contribution in [0, 0.1) is 10.0 Å². The van der Waals surface area contributed by atoms with Crippen LogP contribution in [0.25, 0.3) is 11.1 Å². The number of hydrogen-bond acceptors (Lipinski definition) is 5. The minimum absolute atomic E-state index is 0.171. The van der Waals surface area contributed by atoms with Crippen LogP contribution in [0.4, 0.5) is 5.82 Å². The lowest BCUT2D eigenvalue weighted by Gasteiger charge is -2.13. The fourth-order valence-corrected chi connectivity index (χ4v) is 2.26. The Bertz CT molecular complexity index is 732. The molecule has 0 amide bonds. The SMILES string of the molecule is CN=Cc1c(-c2ccc(O)cc2)c(C=N)c(N)[nH]c1=S. The van der Waals surface area contributed by atoms with Crippen LogP contribution in [-0.4, -0.2) is 29.6 Å². The van der Waals surface area contributed by atoms with Gasteiger partial charge in [-0.3, -0.25) is 4.99 Å². The second kappa shape index (κ2) is 5.66. The fourth-order valence-electron chi connectivity index (χ4n) is 1.99. The Morgan fingerprint density at radius 3 is 2.50 bits per heavy atom. The van der Waals surface area contributed by atoms with Crippen molar-refractivity contribution < 1.29 is 5.11 Å². The van der Waals surface area contributed by atoms with Gasteiger partial charge in [0.05, 0.1) is 0 Å². The van der Waals surface area contributed by atoms with Crippen molar-refractivity contribution in [3.8, 4) is 16.9 Å². The zero-order chi connectivity index (χ0) is 14.7. The molecule has 5 nitrogen and oxygen atoms in total. The largest absolute Gasteiger partial charge is 0.508 e. The fraction of sp³-hybridized carbons (Fsp3) is 0.0714. The molecule has 0 unspecified atom stereocenters. The summed E-state index contributed by atoms with van der Waals surface area (Å²) < 4.78 is 0.460. The molecule has 0 spiro atoms. The number of phenolic OH excluding ortho intramolecular Hbond substituents is 1. The maximum atomic E-state index is 9.39. The number of nitrogen functional groups attached to an aromatic ring is 1. The van der Waals surface area contributed by atoms with Crippen LogP contribution < -0.4 is 5.73 Å². The molecule has 102 valence electrons. The Balaban J connectivity index is 2.86. The highest BCUT2D eigenvalue weighted by molar-refractivity contribution is 7.71. The molecule has 6 heteroatoms. The molecule has 0 radical (unpaired) electrons. The average Bonchev–Trinajstić information content (AvgIpc) is 2.42. The summed E-state index contributed by atoms with van der Waals surface area (Å²) in [5.74, 6) is 0.506. The highest BCUT2D eigenvalue weighted by atomic mass is 32.1. The number of benzene rings is 1. The molecule has 0 aliphatic carbocycles. The predicted octanol–water partition coefficient (Wildman–Crippen LogP) is 2.75. The Labute approximate surface area is 121 Å². The first kappa shape index (κ1) is 14.0. The van der Waals surface area contributed by atoms with Gasteiger partial charge in [0.1, 0.15) is 16.2 Å². The molecule has 20 heavy (non-hydrogen) atoms. The minimum atomic E-state index is 0.171. The number of nitrogens with one attached hydrogen (secondary N) is 2. The molecule has 0 saturated carbocycles. The van der Waals surface area contributed by atoms with E-state index in [2.05, 4.69) is 9.98 Å². The number of nitrogens with zero attached hydrogens (tertiary/aromatic N) is 1. The van der Waals surface area contributed by atoms with E-state index in [-0.39, 0.29) is 5.75 Å². The van der Waals surface area contributed by atoms with E-state index in [1.54, 1.807) is 37.5 Å². The molecule has 1 heterocycles. The lowest BCUT2D eigenvalue weighted by molar-refractivity contribution is 0.475. The zero-order valence-corrected chi connectivity index (χ0v) is 11.7. The van der Waals surface area contributed by atoms with Crippen LogP contribution in [0.2, 0.25) is 0 Å². The number of anilines is 1. The Morgan fingerprint density at radius 1 is 1.30 bits per heavy atom. The number of H-pyrrole nitrogens is 1. The molecule has 1 aromatic heterocycles. The quantitative estimate of drug-likeness (QED) is 0.515. The first-order valence-electron chi connectivity index (χ1n) is 5.86. The van der Waals surface area contributed by atoms with Gasteiger partial charge in [-0.2, -0.15) is 0 Å². The second-order valence-corrected chi connectivity index (χ2v) is 4.56. The summed E-state index contributed by atoms with van der Waals surface area (Å²) >= 11 is 5.27. The highest BCUT2D eigenvalue weighted by Gasteiger charge is 2.14. The lowest BCUT2D eigenvalue weighted by Crippen LogP contribution is -2.04. The van der Waals surface area contributed by atoms with Gasteiger partial charge in [0.2, 0.25) is 0 Å². The Kier molecular flexibility index (Phi) is 3.95. The monoisotopic (exact) mass is 286 g/mol. The summed E-state index contributed by atoms with van der Waals surface area (Å²) in [6.07, 6.45) is 2.81. The smallest absolute Gasteiger partial charge is 0.115 e. The van der Waals surface area contributed by atoms with E-state index in [4.69, 9.17) is 23.4 Å². The number of aliphatic imine (C=N–C) groups is 1. The standard InChI is InChI=1S/C14H14N4OS/c1-17-7-11-12(8-2-4-9(19)5-3-8)10(6-15)13(16)18-14(11)20/h2-7,15,19H,1H3,(H3,16,18,20). The second-order valence-electron chi connectivity index (χ2n) is 4.15. The minimum Gasteiger partial charge on any atom is -0.508 e. The van der Waals surface area contributed by atoms with Gasteiger partial charge in [0, 0.05) is 36.2 Å². The van der Waals surface area contributed by atoms with Crippen LogP contribution in [0.3, 0.4) is 0 Å². The number of hydrogen-bond donors (Lipinski definition) is 4. The topological polar surface area (TPSA) is 98.2 Å². The number of aromatic hydroxyl groups is 1. The molecule has 5 N–H and O–H groups in total. The van der Waals surface area contributed by atoms with E-state index in [9.17, 15) is 5.11 Å². The van der Waals surface area contributed by atoms with Crippen LogP contribution in [-0.2, 0) is 0 Å². The summed E-state index contributed by atoms with van der Waals surface area (Å²) in [5, 5.41) is 17.0. The van der Waals surface area contributed by atoms with Gasteiger partial charge in [-0.05, 0) is 17.7 Å². The molecule has 0 aliphatic rings. The summed E-state index contributed by atoms with van der Waals surface area (Å²) in [5.41, 5.74) is 8.67. The highest BCUT2D eigenvalue weighted by Crippen LogP contribution is 2.30. The van der Waals surface area contributed by atoms with Crippen molar-refractivity contribution >= 4 is 30.5 Å². The van der Waals surface area contributed by atoms with E-state index in [1.807, 2.05) is 0 Å². The average molecular weight is 286 g/mol. The van der Waals surface area contributed by atoms with Crippen LogP contribution in [0.1, 0.15) is 11.1 Å². The van der Waals surface area contributed by atoms with Crippen LogP contribution in [0.15, 0.2) is 29.3 Å². The first-order chi connectivity index (χ1) is 9.58. The molecule has 0 fully saturated rings. The number of nitrogens with two attached hydrogens (primary N) is 1. The number of rotatable bonds is 3. The van der Waals surface area contributed by atoms with Crippen molar-refractivity contribution in [2.24, 2.45) is 4.99 Å². The van der Waals surface area contributed by atoms with Gasteiger partial charge in [-0.15, -0.1) is 0 Å². The van der Waals surface area contributed by atoms with Gasteiger partial charge in [0.25, 0.3) is 0 Å². The molecule has 0 saturated heterocycles. The van der Waals surface area contributed by atoms with Crippen LogP contribution in [0.5, 0.6) is 5.75 Å². The third-order valence-corrected chi connectivity index (χ3v) is 3.20. The molecule has 2 aromatic rings. The lowest BCUT2D eigenvalue weighted by atomic mass is 9.96. The number of phenols is 1. The number of aromatic amines is 1. The van der Waals surface area contributed by atoms with Gasteiger partial charge in [-0.25, -0.2) is 0 Å². The van der Waals surface area contributed by atoms with Crippen molar-refractivity contribution in [2.75, 3.05) is 12.8 Å². The molecule has 2 rings (SSSR count). The van der Waals surface area contributed by atoms with Crippen molar-refractivity contribution in [2.45, 2.75) is 0 Å². The zero-order valence-electron chi connectivity index (χ0n) is 10.8. The van der Waals surface area contributed by atoms with Gasteiger partial charge in [0.15, 0.2) is 0 Å². The molecular formula is C14H14N4OS. The maximum Gasteiger partial charge on any atom is 0.115 e. The predicted molar refractivity (Wildman–Crippen MR) is 84.5 cm³/mol. The van der Waals surface area contributed by atoms with E-state index in [1.165, 1.54) is 6.21 Å². The van der Waals surface area contributed by atoms with Gasteiger partial charge < -0.3 is 21.2 Å². The maximum absolute atomic E-state index is 9.39. The van der Waals surface area contributed by atoms with Crippen molar-refractivity contribution in [1.82, 2.24) is 4.98 Å². The third kappa shape index (κ3) is 2.46. The summed E-state index contributed by atoms with van der Waals surface area (Å²) in [4.78, 5) is 6.86. The summed E-state index contributed by atoms with van der Waals surface area (Å²) in [6.45, 7) is 0. The van der Waals surface area contributed by atoms with Crippen molar-refractivity contribution in [1.29, 1.82) is 5.41 Å². The first-order valence-corrected chi connectivity index (χ1v) is 6.27. The number of aromatic nitrogens is 1. The van der Waals surface area contributed by atoms with Crippen LogP contribution >= 0.6 is 12.2 Å². The van der Waals surface area contributed by atoms with Crippen molar-refractivity contribution in [3.05, 3.63) is 40.0 Å². The summed E-state index contributed by atoms with van der Waals surface area (Å²) in [6, 6.07) is 6.65.